The number of pyridine rings is 1. The molecule has 3 heterocycles. The van der Waals surface area contributed by atoms with Crippen LogP contribution in [0.5, 0.6) is 0 Å². The number of piperazine rings is 1. The maximum Gasteiger partial charge on any atom is 0.250 e. The highest BCUT2D eigenvalue weighted by Crippen LogP contribution is 2.30. The number of quaternary nitrogens is 1. The Morgan fingerprint density at radius 1 is 1.13 bits per heavy atom. The van der Waals surface area contributed by atoms with Gasteiger partial charge in [-0.25, -0.2) is 0 Å². The summed E-state index contributed by atoms with van der Waals surface area (Å²) in [5.41, 5.74) is 7.19. The van der Waals surface area contributed by atoms with Crippen LogP contribution in [-0.2, 0) is 6.42 Å². The van der Waals surface area contributed by atoms with Gasteiger partial charge in [-0.1, -0.05) is 35.9 Å². The number of fused-ring (bicyclic) bond motifs is 3. The topological polar surface area (TPSA) is 51.4 Å². The molecule has 2 N–H and O–H groups in total. The first kappa shape index (κ1) is 19.9. The molecule has 2 aromatic carbocycles. The standard InChI is InChI=1S/C25H24ClN5/c1-17-20(15-18-7-9-19(26)10-8-18)25(30-13-11-29(2)12-14-30)31-23-6-4-3-5-22(23)28-24(31)21(17)16-27/h3-10H,11-15H2,1-2H3/p+2. The largest absolute Gasteiger partial charge is 0.332 e. The predicted octanol–water partition coefficient (Wildman–Crippen LogP) is 2.67. The third-order valence-electron chi connectivity index (χ3n) is 6.49. The number of nitrogens with zero attached hydrogens (tertiary/aromatic N) is 3. The molecule has 6 heteroatoms. The van der Waals surface area contributed by atoms with Gasteiger partial charge in [0.15, 0.2) is 0 Å². The van der Waals surface area contributed by atoms with Crippen LogP contribution in [0.25, 0.3) is 16.7 Å². The van der Waals surface area contributed by atoms with Gasteiger partial charge >= 0.3 is 0 Å². The van der Waals surface area contributed by atoms with Crippen LogP contribution < -0.4 is 14.2 Å². The Bertz CT molecular complexity index is 1310. The lowest BCUT2D eigenvalue weighted by Crippen LogP contribution is -3.12. The molecule has 31 heavy (non-hydrogen) atoms. The molecule has 0 bridgehead atoms. The molecule has 1 fully saturated rings. The van der Waals surface area contributed by atoms with E-state index in [2.05, 4.69) is 64.7 Å². The summed E-state index contributed by atoms with van der Waals surface area (Å²) in [6, 6.07) is 18.8. The zero-order valence-corrected chi connectivity index (χ0v) is 18.6. The van der Waals surface area contributed by atoms with Crippen molar-refractivity contribution in [2.45, 2.75) is 13.3 Å². The lowest BCUT2D eigenvalue weighted by atomic mass is 9.97. The Hall–Kier alpha value is -3.07. The van der Waals surface area contributed by atoms with E-state index in [-0.39, 0.29) is 0 Å². The van der Waals surface area contributed by atoms with Crippen molar-refractivity contribution in [3.8, 4) is 6.07 Å². The molecule has 1 aliphatic rings. The van der Waals surface area contributed by atoms with Gasteiger partial charge in [-0.05, 0) is 42.3 Å². The minimum atomic E-state index is 0.712. The van der Waals surface area contributed by atoms with Crippen LogP contribution in [0, 0.1) is 18.3 Å². The Labute approximate surface area is 187 Å². The fourth-order valence-corrected chi connectivity index (χ4v) is 4.82. The van der Waals surface area contributed by atoms with Gasteiger partial charge in [-0.2, -0.15) is 9.66 Å². The van der Waals surface area contributed by atoms with E-state index in [0.29, 0.717) is 5.56 Å². The van der Waals surface area contributed by atoms with E-state index in [9.17, 15) is 5.26 Å². The fraction of sp³-hybridized carbons (Fsp3) is 0.280. The Morgan fingerprint density at radius 3 is 2.55 bits per heavy atom. The summed E-state index contributed by atoms with van der Waals surface area (Å²) in [4.78, 5) is 7.57. The van der Waals surface area contributed by atoms with E-state index >= 15 is 0 Å². The molecule has 0 atom stereocenters. The smallest absolute Gasteiger partial charge is 0.250 e. The molecule has 5 rings (SSSR count). The van der Waals surface area contributed by atoms with E-state index in [0.717, 1.165) is 59.9 Å². The molecule has 1 aliphatic heterocycles. The van der Waals surface area contributed by atoms with Gasteiger partial charge in [-0.3, -0.25) is 9.88 Å². The Kier molecular flexibility index (Phi) is 5.05. The number of aromatic nitrogens is 2. The molecule has 0 unspecified atom stereocenters. The molecule has 156 valence electrons. The molecule has 0 spiro atoms. The number of para-hydroxylation sites is 2. The average Bonchev–Trinajstić information content (AvgIpc) is 3.15. The van der Waals surface area contributed by atoms with Gasteiger partial charge in [-0.15, -0.1) is 0 Å². The van der Waals surface area contributed by atoms with E-state index in [1.54, 1.807) is 4.90 Å². The number of aromatic amines is 1. The second-order valence-corrected chi connectivity index (χ2v) is 8.92. The normalized spacial score (nSPS) is 15.0. The number of hydrogen-bond donors (Lipinski definition) is 2. The highest BCUT2D eigenvalue weighted by Gasteiger charge is 2.32. The lowest BCUT2D eigenvalue weighted by Gasteiger charge is -2.29. The van der Waals surface area contributed by atoms with Crippen molar-refractivity contribution in [1.82, 2.24) is 4.98 Å². The summed E-state index contributed by atoms with van der Waals surface area (Å²) >= 11 is 6.13. The fourth-order valence-electron chi connectivity index (χ4n) is 4.69. The summed E-state index contributed by atoms with van der Waals surface area (Å²) in [6.07, 6.45) is 0.759. The number of nitrogens with one attached hydrogen (secondary N) is 2. The molecule has 2 aromatic heterocycles. The summed E-state index contributed by atoms with van der Waals surface area (Å²) in [6.45, 7) is 6.27. The maximum absolute atomic E-state index is 10.1. The first-order valence-electron chi connectivity index (χ1n) is 10.8. The molecule has 5 nitrogen and oxygen atoms in total. The lowest BCUT2D eigenvalue weighted by molar-refractivity contribution is -0.880. The van der Waals surface area contributed by atoms with Crippen molar-refractivity contribution >= 4 is 34.1 Å². The van der Waals surface area contributed by atoms with Crippen molar-refractivity contribution < 1.29 is 9.30 Å². The van der Waals surface area contributed by atoms with Crippen molar-refractivity contribution in [3.05, 3.63) is 75.8 Å². The van der Waals surface area contributed by atoms with Crippen molar-refractivity contribution in [2.24, 2.45) is 0 Å². The summed E-state index contributed by atoms with van der Waals surface area (Å²) in [5, 5.41) is 10.8. The number of benzene rings is 2. The van der Waals surface area contributed by atoms with Crippen molar-refractivity contribution in [2.75, 3.05) is 38.1 Å². The molecular weight excluding hydrogens is 406 g/mol. The first-order valence-corrected chi connectivity index (χ1v) is 11.1. The summed E-state index contributed by atoms with van der Waals surface area (Å²) < 4.78 is 2.27. The molecule has 0 aliphatic carbocycles. The Morgan fingerprint density at radius 2 is 1.84 bits per heavy atom. The zero-order chi connectivity index (χ0) is 21.5. The second-order valence-electron chi connectivity index (χ2n) is 8.49. The van der Waals surface area contributed by atoms with Gasteiger partial charge in [0.2, 0.25) is 11.5 Å². The molecular formula is C25H26ClN5+2. The van der Waals surface area contributed by atoms with Gasteiger partial charge in [0.25, 0.3) is 0 Å². The number of nitriles is 1. The number of halogens is 1. The summed E-state index contributed by atoms with van der Waals surface area (Å²) in [7, 11) is 2.25. The van der Waals surface area contributed by atoms with Crippen LogP contribution >= 0.6 is 11.6 Å². The van der Waals surface area contributed by atoms with Gasteiger partial charge in [0, 0.05) is 17.0 Å². The first-order chi connectivity index (χ1) is 15.1. The van der Waals surface area contributed by atoms with Crippen molar-refractivity contribution in [1.29, 1.82) is 5.26 Å². The molecule has 0 radical (unpaired) electrons. The second kappa shape index (κ2) is 7.88. The van der Waals surface area contributed by atoms with Crippen LogP contribution in [0.1, 0.15) is 22.3 Å². The van der Waals surface area contributed by atoms with Crippen LogP contribution in [0.2, 0.25) is 5.02 Å². The number of anilines is 1. The third-order valence-corrected chi connectivity index (χ3v) is 6.74. The molecule has 4 aromatic rings. The average molecular weight is 432 g/mol. The van der Waals surface area contributed by atoms with Crippen molar-refractivity contribution in [3.63, 3.8) is 0 Å². The number of imidazole rings is 1. The van der Waals surface area contributed by atoms with Crippen LogP contribution in [0.3, 0.4) is 0 Å². The third kappa shape index (κ3) is 3.42. The highest BCUT2D eigenvalue weighted by atomic mass is 35.5. The van der Waals surface area contributed by atoms with Crippen LogP contribution in [-0.4, -0.2) is 38.2 Å². The molecule has 1 saturated heterocycles. The Balaban J connectivity index is 1.81. The quantitative estimate of drug-likeness (QED) is 0.490. The van der Waals surface area contributed by atoms with E-state index in [1.165, 1.54) is 16.9 Å². The molecule has 0 amide bonds. The summed E-state index contributed by atoms with van der Waals surface area (Å²) in [5.74, 6) is 1.20. The minimum Gasteiger partial charge on any atom is -0.332 e. The predicted molar refractivity (Wildman–Crippen MR) is 124 cm³/mol. The number of rotatable bonds is 3. The monoisotopic (exact) mass is 431 g/mol. The highest BCUT2D eigenvalue weighted by molar-refractivity contribution is 6.30. The number of hydrogen-bond acceptors (Lipinski definition) is 2. The minimum absolute atomic E-state index is 0.712. The van der Waals surface area contributed by atoms with Crippen LogP contribution in [0.4, 0.5) is 5.82 Å². The maximum atomic E-state index is 10.1. The van der Waals surface area contributed by atoms with Crippen LogP contribution in [0.15, 0.2) is 48.5 Å². The van der Waals surface area contributed by atoms with Gasteiger partial charge in [0.1, 0.15) is 48.8 Å². The van der Waals surface area contributed by atoms with E-state index in [1.807, 2.05) is 18.2 Å². The SMILES string of the molecule is Cc1c(Cc2ccc(Cl)cc2)c(N2CC[NH+](C)CC2)[n+]2c([nH]c3ccccc32)c1C#N. The number of H-pyrrole nitrogens is 1. The van der Waals surface area contributed by atoms with E-state index in [4.69, 9.17) is 11.6 Å². The van der Waals surface area contributed by atoms with Gasteiger partial charge in [0.05, 0.1) is 7.05 Å². The zero-order valence-electron chi connectivity index (χ0n) is 17.9. The van der Waals surface area contributed by atoms with E-state index < -0.39 is 0 Å². The van der Waals surface area contributed by atoms with Gasteiger partial charge < -0.3 is 4.90 Å². The number of likely N-dealkylation sites (N-methyl/N-ethyl adjacent to an activating group) is 1. The molecule has 0 saturated carbocycles.